The lowest BCUT2D eigenvalue weighted by Crippen LogP contribution is -2.51. The number of ether oxygens (including phenoxy) is 3. The molecule has 2 saturated heterocycles. The molecule has 202 valence electrons. The number of benzene rings is 2. The Morgan fingerprint density at radius 2 is 1.95 bits per heavy atom. The van der Waals surface area contributed by atoms with Gasteiger partial charge in [-0.15, -0.1) is 6.58 Å². The second-order valence-electron chi connectivity index (χ2n) is 10.8. The van der Waals surface area contributed by atoms with E-state index in [2.05, 4.69) is 38.7 Å². The molecule has 38 heavy (non-hydrogen) atoms. The van der Waals surface area contributed by atoms with Crippen molar-refractivity contribution in [1.29, 1.82) is 0 Å². The van der Waals surface area contributed by atoms with Crippen molar-refractivity contribution in [3.05, 3.63) is 60.7 Å². The summed E-state index contributed by atoms with van der Waals surface area (Å²) in [6.45, 7) is 11.7. The van der Waals surface area contributed by atoms with E-state index in [0.717, 1.165) is 17.0 Å². The van der Waals surface area contributed by atoms with Gasteiger partial charge in [-0.05, 0) is 42.3 Å². The fourth-order valence-electron chi connectivity index (χ4n) is 6.80. The summed E-state index contributed by atoms with van der Waals surface area (Å²) < 4.78 is 17.4. The molecular weight excluding hydrogens is 500 g/mol. The Balaban J connectivity index is 1.64. The van der Waals surface area contributed by atoms with Gasteiger partial charge in [0.15, 0.2) is 5.60 Å². The quantitative estimate of drug-likeness (QED) is 0.408. The Hall–Kier alpha value is -3.14. The highest BCUT2D eigenvalue weighted by atomic mass is 28.3. The number of amides is 2. The summed E-state index contributed by atoms with van der Waals surface area (Å²) in [7, 11) is -0.595. The first kappa shape index (κ1) is 26.5. The van der Waals surface area contributed by atoms with E-state index in [0.29, 0.717) is 31.8 Å². The lowest BCUT2D eigenvalue weighted by Gasteiger charge is -2.37. The summed E-state index contributed by atoms with van der Waals surface area (Å²) in [6, 6.07) is 13.8. The summed E-state index contributed by atoms with van der Waals surface area (Å²) in [4.78, 5) is 30.0. The Morgan fingerprint density at radius 3 is 2.55 bits per heavy atom. The van der Waals surface area contributed by atoms with Gasteiger partial charge in [-0.25, -0.2) is 4.79 Å². The second-order valence-corrected chi connectivity index (χ2v) is 15.5. The van der Waals surface area contributed by atoms with Crippen molar-refractivity contribution >= 4 is 36.6 Å². The highest BCUT2D eigenvalue weighted by Crippen LogP contribution is 2.60. The van der Waals surface area contributed by atoms with E-state index in [-0.39, 0.29) is 30.1 Å². The third-order valence-corrected chi connectivity index (χ3v) is 13.0. The van der Waals surface area contributed by atoms with Gasteiger partial charge >= 0.3 is 6.09 Å². The second kappa shape index (κ2) is 9.87. The third-order valence-electron chi connectivity index (χ3n) is 8.62. The highest BCUT2D eigenvalue weighted by Gasteiger charge is 2.66. The molecule has 0 bridgehead atoms. The summed E-state index contributed by atoms with van der Waals surface area (Å²) in [5.41, 5.74) is 1.04. The van der Waals surface area contributed by atoms with Crippen molar-refractivity contribution in [2.75, 3.05) is 43.2 Å². The number of fused-ring (bicyclic) bond motifs is 2. The standard InChI is InChI=1S/C29H36N2O6Si/c1-6-14-31-24-12-7-20(30-15-17-36-28(30)34)18-23(24)29(27(31)33)19(2)26(25(37-29)13-16-32)38(4,5)22-10-8-21(35-3)9-11-22/h6-12,18-19,25-26,32H,1,13-17H2,2-5H3/t19-,25+,26-,29+/m0/s1. The van der Waals surface area contributed by atoms with Crippen LogP contribution in [0.1, 0.15) is 18.9 Å². The number of hydrogen-bond donors (Lipinski definition) is 1. The van der Waals surface area contributed by atoms with E-state index in [1.807, 2.05) is 30.3 Å². The molecule has 3 aliphatic rings. The third kappa shape index (κ3) is 3.87. The molecule has 0 saturated carbocycles. The average molecular weight is 537 g/mol. The van der Waals surface area contributed by atoms with Crippen LogP contribution in [0.2, 0.25) is 18.6 Å². The number of anilines is 2. The van der Waals surface area contributed by atoms with Gasteiger partial charge in [0, 0.05) is 30.3 Å². The summed E-state index contributed by atoms with van der Waals surface area (Å²) >= 11 is 0. The largest absolute Gasteiger partial charge is 0.497 e. The smallest absolute Gasteiger partial charge is 0.414 e. The normalized spacial score (nSPS) is 26.7. The molecule has 3 heterocycles. The topological polar surface area (TPSA) is 88.5 Å². The van der Waals surface area contributed by atoms with Crippen LogP contribution in [-0.2, 0) is 19.9 Å². The van der Waals surface area contributed by atoms with Crippen LogP contribution in [0.15, 0.2) is 55.1 Å². The molecule has 2 fully saturated rings. The van der Waals surface area contributed by atoms with Gasteiger partial charge in [-0.3, -0.25) is 9.69 Å². The van der Waals surface area contributed by atoms with Crippen LogP contribution in [0.4, 0.5) is 16.2 Å². The fraction of sp³-hybridized carbons (Fsp3) is 0.448. The van der Waals surface area contributed by atoms with E-state index in [9.17, 15) is 14.7 Å². The molecule has 1 spiro atoms. The number of nitrogens with zero attached hydrogens (tertiary/aromatic N) is 2. The van der Waals surface area contributed by atoms with Crippen molar-refractivity contribution in [3.8, 4) is 5.75 Å². The highest BCUT2D eigenvalue weighted by molar-refractivity contribution is 6.91. The molecular formula is C29H36N2O6Si. The SMILES string of the molecule is C=CCN1C(=O)[C@]2(O[C@H](CCO)[C@@H]([Si](C)(C)c3ccc(OC)cc3)[C@@H]2C)c2cc(N3CCOC3=O)ccc21. The van der Waals surface area contributed by atoms with Gasteiger partial charge in [-0.1, -0.05) is 43.4 Å². The van der Waals surface area contributed by atoms with Crippen molar-refractivity contribution in [3.63, 3.8) is 0 Å². The molecule has 8 nitrogen and oxygen atoms in total. The predicted octanol–water partition coefficient (Wildman–Crippen LogP) is 3.78. The van der Waals surface area contributed by atoms with Crippen LogP contribution >= 0.6 is 0 Å². The van der Waals surface area contributed by atoms with E-state index >= 15 is 0 Å². The lowest BCUT2D eigenvalue weighted by atomic mass is 9.82. The first-order valence-corrected chi connectivity index (χ1v) is 16.2. The van der Waals surface area contributed by atoms with Gasteiger partial charge in [0.25, 0.3) is 5.91 Å². The monoisotopic (exact) mass is 536 g/mol. The zero-order valence-corrected chi connectivity index (χ0v) is 23.5. The van der Waals surface area contributed by atoms with Crippen molar-refractivity contribution in [2.24, 2.45) is 5.92 Å². The van der Waals surface area contributed by atoms with Gasteiger partial charge in [0.1, 0.15) is 12.4 Å². The molecule has 0 radical (unpaired) electrons. The Morgan fingerprint density at radius 1 is 1.21 bits per heavy atom. The van der Waals surface area contributed by atoms with E-state index < -0.39 is 19.8 Å². The van der Waals surface area contributed by atoms with Crippen LogP contribution in [0.3, 0.4) is 0 Å². The van der Waals surface area contributed by atoms with Crippen LogP contribution in [-0.4, -0.2) is 64.7 Å². The summed E-state index contributed by atoms with van der Waals surface area (Å²) in [5, 5.41) is 11.3. The minimum absolute atomic E-state index is 0.0336. The number of hydrogen-bond acceptors (Lipinski definition) is 6. The maximum Gasteiger partial charge on any atom is 0.414 e. The zero-order chi connectivity index (χ0) is 27.2. The molecule has 9 heteroatoms. The lowest BCUT2D eigenvalue weighted by molar-refractivity contribution is -0.146. The molecule has 2 amide bonds. The molecule has 1 N–H and O–H groups in total. The molecule has 2 aromatic carbocycles. The number of carbonyl (C=O) groups excluding carboxylic acids is 2. The first-order chi connectivity index (χ1) is 18.2. The molecule has 0 unspecified atom stereocenters. The van der Waals surface area contributed by atoms with E-state index in [1.54, 1.807) is 23.0 Å². The maximum atomic E-state index is 14.3. The van der Waals surface area contributed by atoms with Crippen LogP contribution in [0.25, 0.3) is 0 Å². The molecule has 0 aliphatic carbocycles. The minimum Gasteiger partial charge on any atom is -0.497 e. The van der Waals surface area contributed by atoms with Gasteiger partial charge < -0.3 is 24.2 Å². The number of carbonyl (C=O) groups is 2. The van der Waals surface area contributed by atoms with Crippen LogP contribution in [0.5, 0.6) is 5.75 Å². The van der Waals surface area contributed by atoms with Crippen LogP contribution in [0, 0.1) is 5.92 Å². The Labute approximate surface area is 224 Å². The van der Waals surface area contributed by atoms with E-state index in [4.69, 9.17) is 14.2 Å². The van der Waals surface area contributed by atoms with Crippen LogP contribution < -0.4 is 19.7 Å². The molecule has 0 aromatic heterocycles. The Kier molecular flexibility index (Phi) is 6.87. The minimum atomic E-state index is -2.25. The van der Waals surface area contributed by atoms with Crippen molar-refractivity contribution < 1.29 is 28.9 Å². The number of aliphatic hydroxyl groups is 1. The molecule has 5 rings (SSSR count). The molecule has 4 atom stereocenters. The maximum absolute atomic E-state index is 14.3. The van der Waals surface area contributed by atoms with Crippen molar-refractivity contribution in [2.45, 2.75) is 43.7 Å². The number of aliphatic hydroxyl groups excluding tert-OH is 1. The number of methoxy groups -OCH3 is 1. The zero-order valence-electron chi connectivity index (χ0n) is 22.5. The fourth-order valence-corrected chi connectivity index (χ4v) is 10.9. The summed E-state index contributed by atoms with van der Waals surface area (Å²) in [5.74, 6) is 0.501. The predicted molar refractivity (Wildman–Crippen MR) is 149 cm³/mol. The van der Waals surface area contributed by atoms with Gasteiger partial charge in [0.05, 0.1) is 33.5 Å². The number of rotatable bonds is 8. The van der Waals surface area contributed by atoms with Gasteiger partial charge in [-0.2, -0.15) is 0 Å². The first-order valence-electron chi connectivity index (χ1n) is 13.2. The molecule has 3 aliphatic heterocycles. The van der Waals surface area contributed by atoms with E-state index in [1.165, 1.54) is 5.19 Å². The number of cyclic esters (lactones) is 1. The summed E-state index contributed by atoms with van der Waals surface area (Å²) in [6.07, 6.45) is 1.45. The average Bonchev–Trinajstić information content (AvgIpc) is 3.54. The van der Waals surface area contributed by atoms with Crippen molar-refractivity contribution in [1.82, 2.24) is 0 Å². The Bertz CT molecular complexity index is 1250. The molecule has 2 aromatic rings. The van der Waals surface area contributed by atoms with Gasteiger partial charge in [0.2, 0.25) is 0 Å².